The van der Waals surface area contributed by atoms with Crippen molar-refractivity contribution in [1.29, 1.82) is 5.26 Å². The van der Waals surface area contributed by atoms with Gasteiger partial charge in [0.15, 0.2) is 5.78 Å². The molecule has 0 aromatic heterocycles. The summed E-state index contributed by atoms with van der Waals surface area (Å²) in [4.78, 5) is 13.7. The van der Waals surface area contributed by atoms with E-state index in [1.54, 1.807) is 18.2 Å². The highest BCUT2D eigenvalue weighted by molar-refractivity contribution is 9.10. The molecule has 106 valence electrons. The highest BCUT2D eigenvalue weighted by Gasteiger charge is 2.12. The molecule has 0 saturated carbocycles. The molecule has 0 fully saturated rings. The first-order valence-electron chi connectivity index (χ1n) is 6.52. The van der Waals surface area contributed by atoms with Crippen LogP contribution >= 0.6 is 15.9 Å². The van der Waals surface area contributed by atoms with Crippen LogP contribution in [-0.4, -0.2) is 12.8 Å². The number of benzene rings is 2. The number of nitriles is 1. The molecule has 2 aromatic rings. The van der Waals surface area contributed by atoms with E-state index in [1.165, 1.54) is 6.92 Å². The molecule has 0 spiro atoms. The smallest absolute Gasteiger partial charge is 0.161 e. The second-order valence-corrected chi connectivity index (χ2v) is 5.80. The summed E-state index contributed by atoms with van der Waals surface area (Å²) in [5.41, 5.74) is 3.09. The van der Waals surface area contributed by atoms with Gasteiger partial charge in [-0.25, -0.2) is 0 Å². The summed E-state index contributed by atoms with van der Waals surface area (Å²) in [5, 5.41) is 9.04. The van der Waals surface area contributed by atoms with Crippen molar-refractivity contribution in [3.05, 3.63) is 63.6 Å². The number of rotatable bonds is 4. The van der Waals surface area contributed by atoms with Gasteiger partial charge in [0.25, 0.3) is 0 Å². The average molecular weight is 343 g/mol. The third kappa shape index (κ3) is 3.71. The van der Waals surface area contributed by atoms with E-state index in [4.69, 9.17) is 5.26 Å². The summed E-state index contributed by atoms with van der Waals surface area (Å²) in [6.45, 7) is 2.20. The molecule has 0 N–H and O–H groups in total. The minimum absolute atomic E-state index is 0.00409. The van der Waals surface area contributed by atoms with Gasteiger partial charge in [0, 0.05) is 29.3 Å². The van der Waals surface area contributed by atoms with E-state index in [0.717, 1.165) is 15.7 Å². The lowest BCUT2D eigenvalue weighted by Crippen LogP contribution is -2.19. The van der Waals surface area contributed by atoms with Crippen molar-refractivity contribution in [2.45, 2.75) is 13.5 Å². The molecule has 0 radical (unpaired) electrons. The van der Waals surface area contributed by atoms with Crippen LogP contribution in [-0.2, 0) is 6.54 Å². The number of hydrogen-bond donors (Lipinski definition) is 0. The summed E-state index contributed by atoms with van der Waals surface area (Å²) < 4.78 is 1.02. The van der Waals surface area contributed by atoms with E-state index in [-0.39, 0.29) is 5.78 Å². The standard InChI is InChI=1S/C17H15BrN2O/c1-12(21)16-7-6-13(10-19)9-17(16)20(2)11-14-4-3-5-15(18)8-14/h3-9H,11H2,1-2H3. The predicted molar refractivity (Wildman–Crippen MR) is 87.4 cm³/mol. The number of hydrogen-bond acceptors (Lipinski definition) is 3. The first kappa shape index (κ1) is 15.3. The van der Waals surface area contributed by atoms with E-state index in [2.05, 4.69) is 22.0 Å². The maximum atomic E-state index is 11.8. The summed E-state index contributed by atoms with van der Waals surface area (Å²) in [6.07, 6.45) is 0. The van der Waals surface area contributed by atoms with Crippen molar-refractivity contribution in [2.75, 3.05) is 11.9 Å². The molecule has 0 aliphatic rings. The van der Waals surface area contributed by atoms with Gasteiger partial charge in [-0.3, -0.25) is 4.79 Å². The molecule has 2 rings (SSSR count). The Morgan fingerprint density at radius 1 is 1.29 bits per heavy atom. The zero-order chi connectivity index (χ0) is 15.4. The molecule has 0 bridgehead atoms. The number of halogens is 1. The van der Waals surface area contributed by atoms with Gasteiger partial charge in [0.05, 0.1) is 11.6 Å². The molecule has 3 nitrogen and oxygen atoms in total. The Kier molecular flexibility index (Phi) is 4.77. The predicted octanol–water partition coefficient (Wildman–Crippen LogP) is 4.16. The van der Waals surface area contributed by atoms with Crippen molar-refractivity contribution in [3.8, 4) is 6.07 Å². The normalized spacial score (nSPS) is 10.0. The number of carbonyl (C=O) groups is 1. The molecule has 0 heterocycles. The Labute approximate surface area is 132 Å². The molecule has 0 saturated heterocycles. The fourth-order valence-corrected chi connectivity index (χ4v) is 2.66. The molecule has 4 heteroatoms. The van der Waals surface area contributed by atoms with Gasteiger partial charge in [0.1, 0.15) is 0 Å². The van der Waals surface area contributed by atoms with E-state index in [1.807, 2.05) is 36.2 Å². The SMILES string of the molecule is CC(=O)c1ccc(C#N)cc1N(C)Cc1cccc(Br)c1. The Morgan fingerprint density at radius 3 is 2.67 bits per heavy atom. The van der Waals surface area contributed by atoms with E-state index < -0.39 is 0 Å². The van der Waals surface area contributed by atoms with Crippen LogP contribution in [0.5, 0.6) is 0 Å². The number of ketones is 1. The summed E-state index contributed by atoms with van der Waals surface area (Å²) >= 11 is 3.45. The highest BCUT2D eigenvalue weighted by Crippen LogP contribution is 2.24. The lowest BCUT2D eigenvalue weighted by atomic mass is 10.0. The lowest BCUT2D eigenvalue weighted by molar-refractivity contribution is 0.101. The Morgan fingerprint density at radius 2 is 2.05 bits per heavy atom. The lowest BCUT2D eigenvalue weighted by Gasteiger charge is -2.22. The molecular formula is C17H15BrN2O. The van der Waals surface area contributed by atoms with Gasteiger partial charge in [-0.2, -0.15) is 5.26 Å². The molecular weight excluding hydrogens is 328 g/mol. The van der Waals surface area contributed by atoms with Gasteiger partial charge in [0.2, 0.25) is 0 Å². The maximum Gasteiger partial charge on any atom is 0.161 e. The third-order valence-electron chi connectivity index (χ3n) is 3.23. The van der Waals surface area contributed by atoms with Crippen molar-refractivity contribution in [2.24, 2.45) is 0 Å². The van der Waals surface area contributed by atoms with Crippen LogP contribution in [0.15, 0.2) is 46.9 Å². The molecule has 2 aromatic carbocycles. The molecule has 0 atom stereocenters. The maximum absolute atomic E-state index is 11.8. The minimum atomic E-state index is -0.00409. The Balaban J connectivity index is 2.35. The van der Waals surface area contributed by atoms with Crippen LogP contribution < -0.4 is 4.90 Å². The Hall–Kier alpha value is -2.12. The number of Topliss-reactive ketones (excluding diaryl/α,β-unsaturated/α-hetero) is 1. The van der Waals surface area contributed by atoms with Gasteiger partial charge in [-0.1, -0.05) is 28.1 Å². The quantitative estimate of drug-likeness (QED) is 0.783. The second kappa shape index (κ2) is 6.55. The van der Waals surface area contributed by atoms with Crippen molar-refractivity contribution in [3.63, 3.8) is 0 Å². The van der Waals surface area contributed by atoms with Crippen molar-refractivity contribution < 1.29 is 4.79 Å². The monoisotopic (exact) mass is 342 g/mol. The van der Waals surface area contributed by atoms with Crippen molar-refractivity contribution >= 4 is 27.4 Å². The van der Waals surface area contributed by atoms with E-state index >= 15 is 0 Å². The van der Waals surface area contributed by atoms with Crippen LogP contribution in [0.3, 0.4) is 0 Å². The molecule has 21 heavy (non-hydrogen) atoms. The van der Waals surface area contributed by atoms with Crippen LogP contribution in [0, 0.1) is 11.3 Å². The second-order valence-electron chi connectivity index (χ2n) is 4.89. The van der Waals surface area contributed by atoms with E-state index in [9.17, 15) is 4.79 Å². The average Bonchev–Trinajstić information content (AvgIpc) is 2.46. The fourth-order valence-electron chi connectivity index (χ4n) is 2.21. The zero-order valence-corrected chi connectivity index (χ0v) is 13.5. The number of anilines is 1. The van der Waals surface area contributed by atoms with Crippen LogP contribution in [0.2, 0.25) is 0 Å². The summed E-state index contributed by atoms with van der Waals surface area (Å²) in [7, 11) is 1.92. The molecule has 0 amide bonds. The fraction of sp³-hybridized carbons (Fsp3) is 0.176. The van der Waals surface area contributed by atoms with Crippen LogP contribution in [0.25, 0.3) is 0 Å². The molecule has 0 unspecified atom stereocenters. The first-order chi connectivity index (χ1) is 10.0. The van der Waals surface area contributed by atoms with Gasteiger partial charge < -0.3 is 4.90 Å². The van der Waals surface area contributed by atoms with Gasteiger partial charge >= 0.3 is 0 Å². The zero-order valence-electron chi connectivity index (χ0n) is 11.9. The number of carbonyl (C=O) groups excluding carboxylic acids is 1. The third-order valence-corrected chi connectivity index (χ3v) is 3.72. The van der Waals surface area contributed by atoms with Crippen LogP contribution in [0.1, 0.15) is 28.4 Å². The van der Waals surface area contributed by atoms with Crippen molar-refractivity contribution in [1.82, 2.24) is 0 Å². The first-order valence-corrected chi connectivity index (χ1v) is 7.31. The topological polar surface area (TPSA) is 44.1 Å². The summed E-state index contributed by atoms with van der Waals surface area (Å²) in [6, 6.07) is 15.3. The molecule has 0 aliphatic heterocycles. The number of nitrogens with zero attached hydrogens (tertiary/aromatic N) is 2. The highest BCUT2D eigenvalue weighted by atomic mass is 79.9. The molecule has 0 aliphatic carbocycles. The van der Waals surface area contributed by atoms with Gasteiger partial charge in [-0.15, -0.1) is 0 Å². The minimum Gasteiger partial charge on any atom is -0.370 e. The largest absolute Gasteiger partial charge is 0.370 e. The Bertz CT molecular complexity index is 719. The van der Waals surface area contributed by atoms with Gasteiger partial charge in [-0.05, 0) is 42.8 Å². The summed E-state index contributed by atoms with van der Waals surface area (Å²) in [5.74, 6) is -0.00409. The van der Waals surface area contributed by atoms with E-state index in [0.29, 0.717) is 17.7 Å². The van der Waals surface area contributed by atoms with Crippen LogP contribution in [0.4, 0.5) is 5.69 Å².